The van der Waals surface area contributed by atoms with Crippen LogP contribution in [0.15, 0.2) is 36.7 Å². The Labute approximate surface area is 111 Å². The van der Waals surface area contributed by atoms with Gasteiger partial charge in [-0.25, -0.2) is 0 Å². The first-order valence-electron chi connectivity index (χ1n) is 6.00. The summed E-state index contributed by atoms with van der Waals surface area (Å²) in [7, 11) is 0. The van der Waals surface area contributed by atoms with Crippen molar-refractivity contribution >= 4 is 11.6 Å². The van der Waals surface area contributed by atoms with Gasteiger partial charge in [-0.1, -0.05) is 23.7 Å². The molecule has 2 aromatic rings. The normalized spacial score (nSPS) is 19.1. The lowest BCUT2D eigenvalue weighted by atomic mass is 10.3. The van der Waals surface area contributed by atoms with Crippen LogP contribution in [0.4, 0.5) is 0 Å². The molecule has 94 valence electrons. The summed E-state index contributed by atoms with van der Waals surface area (Å²) in [6, 6.07) is 7.85. The molecule has 1 aliphatic rings. The maximum Gasteiger partial charge on any atom is 0.165 e. The topological polar surface area (TPSA) is 39.1 Å². The fourth-order valence-corrected chi connectivity index (χ4v) is 2.27. The van der Waals surface area contributed by atoms with Gasteiger partial charge in [-0.3, -0.25) is 4.68 Å². The molecule has 0 amide bonds. The van der Waals surface area contributed by atoms with E-state index in [1.807, 2.05) is 35.1 Å². The van der Waals surface area contributed by atoms with Crippen LogP contribution in [-0.4, -0.2) is 22.9 Å². The molecule has 1 aliphatic heterocycles. The van der Waals surface area contributed by atoms with E-state index >= 15 is 0 Å². The average Bonchev–Trinajstić information content (AvgIpc) is 3.02. The molecule has 1 aromatic carbocycles. The molecule has 1 unspecified atom stereocenters. The third kappa shape index (κ3) is 2.35. The van der Waals surface area contributed by atoms with E-state index in [0.29, 0.717) is 16.8 Å². The number of rotatable bonds is 3. The van der Waals surface area contributed by atoms with E-state index in [-0.39, 0.29) is 0 Å². The van der Waals surface area contributed by atoms with Crippen LogP contribution in [0.3, 0.4) is 0 Å². The predicted molar refractivity (Wildman–Crippen MR) is 70.3 cm³/mol. The Kier molecular flexibility index (Phi) is 3.21. The number of para-hydroxylation sites is 1. The van der Waals surface area contributed by atoms with Gasteiger partial charge in [-0.2, -0.15) is 5.10 Å². The summed E-state index contributed by atoms with van der Waals surface area (Å²) in [5.74, 6) is 1.37. The van der Waals surface area contributed by atoms with Gasteiger partial charge in [0, 0.05) is 6.54 Å². The molecule has 0 bridgehead atoms. The highest BCUT2D eigenvalue weighted by molar-refractivity contribution is 6.32. The zero-order valence-electron chi connectivity index (χ0n) is 9.84. The minimum absolute atomic E-state index is 0.425. The highest BCUT2D eigenvalue weighted by Crippen LogP contribution is 2.29. The molecular formula is C13H14ClN3O. The fraction of sp³-hybridized carbons (Fsp3) is 0.308. The van der Waals surface area contributed by atoms with Crippen LogP contribution in [0.5, 0.6) is 11.5 Å². The van der Waals surface area contributed by atoms with Crippen LogP contribution in [0.1, 0.15) is 12.5 Å². The number of ether oxygens (including phenoxy) is 1. The standard InChI is InChI=1S/C13H14ClN3O/c14-12-3-1-2-4-13(12)18-11-8-16-17(9-11)10-5-6-15-7-10/h1-4,8-10,15H,5-7H2. The third-order valence-corrected chi connectivity index (χ3v) is 3.36. The lowest BCUT2D eigenvalue weighted by molar-refractivity contribution is 0.469. The zero-order chi connectivity index (χ0) is 12.4. The molecule has 1 N–H and O–H groups in total. The SMILES string of the molecule is Clc1ccccc1Oc1cnn(C2CCNC2)c1. The molecule has 18 heavy (non-hydrogen) atoms. The molecule has 5 heteroatoms. The molecule has 0 saturated carbocycles. The van der Waals surface area contributed by atoms with Crippen LogP contribution in [-0.2, 0) is 0 Å². The predicted octanol–water partition coefficient (Wildman–Crippen LogP) is 2.86. The Morgan fingerprint density at radius 1 is 1.39 bits per heavy atom. The molecule has 0 radical (unpaired) electrons. The number of hydrogen-bond donors (Lipinski definition) is 1. The van der Waals surface area contributed by atoms with E-state index in [0.717, 1.165) is 25.3 Å². The first-order chi connectivity index (χ1) is 8.83. The lowest BCUT2D eigenvalue weighted by Crippen LogP contribution is -2.13. The van der Waals surface area contributed by atoms with Gasteiger partial charge in [0.05, 0.1) is 23.5 Å². The van der Waals surface area contributed by atoms with Crippen LogP contribution in [0.25, 0.3) is 0 Å². The second kappa shape index (κ2) is 5.00. The molecular weight excluding hydrogens is 250 g/mol. The molecule has 2 heterocycles. The maximum atomic E-state index is 6.05. The number of halogens is 1. The first kappa shape index (κ1) is 11.6. The summed E-state index contributed by atoms with van der Waals surface area (Å²) in [6.45, 7) is 2.01. The molecule has 1 atom stereocenters. The summed E-state index contributed by atoms with van der Waals surface area (Å²) < 4.78 is 7.66. The summed E-state index contributed by atoms with van der Waals surface area (Å²) in [5, 5.41) is 8.25. The minimum atomic E-state index is 0.425. The van der Waals surface area contributed by atoms with Crippen LogP contribution in [0.2, 0.25) is 5.02 Å². The highest BCUT2D eigenvalue weighted by atomic mass is 35.5. The number of nitrogens with zero attached hydrogens (tertiary/aromatic N) is 2. The summed E-state index contributed by atoms with van der Waals surface area (Å²) in [5.41, 5.74) is 0. The zero-order valence-corrected chi connectivity index (χ0v) is 10.6. The quantitative estimate of drug-likeness (QED) is 0.926. The summed E-state index contributed by atoms with van der Waals surface area (Å²) in [6.07, 6.45) is 4.75. The smallest absolute Gasteiger partial charge is 0.165 e. The van der Waals surface area contributed by atoms with Gasteiger partial charge < -0.3 is 10.1 Å². The van der Waals surface area contributed by atoms with Crippen molar-refractivity contribution in [3.8, 4) is 11.5 Å². The Morgan fingerprint density at radius 3 is 3.06 bits per heavy atom. The van der Waals surface area contributed by atoms with Gasteiger partial charge in [-0.15, -0.1) is 0 Å². The summed E-state index contributed by atoms with van der Waals surface area (Å²) >= 11 is 6.05. The number of benzene rings is 1. The Hall–Kier alpha value is -1.52. The number of hydrogen-bond acceptors (Lipinski definition) is 3. The van der Waals surface area contributed by atoms with Crippen molar-refractivity contribution in [2.75, 3.05) is 13.1 Å². The van der Waals surface area contributed by atoms with E-state index in [1.165, 1.54) is 0 Å². The van der Waals surface area contributed by atoms with Crippen molar-refractivity contribution < 1.29 is 4.74 Å². The van der Waals surface area contributed by atoms with Gasteiger partial charge in [0.15, 0.2) is 5.75 Å². The molecule has 1 fully saturated rings. The molecule has 0 spiro atoms. The van der Waals surface area contributed by atoms with Crippen molar-refractivity contribution in [2.24, 2.45) is 0 Å². The molecule has 3 rings (SSSR count). The van der Waals surface area contributed by atoms with Crippen molar-refractivity contribution in [2.45, 2.75) is 12.5 Å². The lowest BCUT2D eigenvalue weighted by Gasteiger charge is -2.08. The van der Waals surface area contributed by atoms with E-state index in [2.05, 4.69) is 10.4 Å². The Bertz CT molecular complexity index is 535. The Balaban J connectivity index is 1.75. The van der Waals surface area contributed by atoms with Crippen molar-refractivity contribution in [3.05, 3.63) is 41.7 Å². The summed E-state index contributed by atoms with van der Waals surface area (Å²) in [4.78, 5) is 0. The number of nitrogens with one attached hydrogen (secondary N) is 1. The maximum absolute atomic E-state index is 6.05. The van der Waals surface area contributed by atoms with Crippen LogP contribution < -0.4 is 10.1 Å². The van der Waals surface area contributed by atoms with E-state index in [1.54, 1.807) is 6.20 Å². The minimum Gasteiger partial charge on any atom is -0.452 e. The molecule has 1 saturated heterocycles. The highest BCUT2D eigenvalue weighted by Gasteiger charge is 2.17. The van der Waals surface area contributed by atoms with E-state index in [4.69, 9.17) is 16.3 Å². The van der Waals surface area contributed by atoms with E-state index < -0.39 is 0 Å². The van der Waals surface area contributed by atoms with Crippen molar-refractivity contribution in [1.82, 2.24) is 15.1 Å². The van der Waals surface area contributed by atoms with Crippen molar-refractivity contribution in [1.29, 1.82) is 0 Å². The van der Waals surface area contributed by atoms with E-state index in [9.17, 15) is 0 Å². The second-order valence-electron chi connectivity index (χ2n) is 4.34. The molecule has 0 aliphatic carbocycles. The fourth-order valence-electron chi connectivity index (χ4n) is 2.09. The van der Waals surface area contributed by atoms with Gasteiger partial charge in [0.1, 0.15) is 5.75 Å². The van der Waals surface area contributed by atoms with Gasteiger partial charge >= 0.3 is 0 Å². The third-order valence-electron chi connectivity index (χ3n) is 3.05. The first-order valence-corrected chi connectivity index (χ1v) is 6.38. The van der Waals surface area contributed by atoms with Gasteiger partial charge in [0.25, 0.3) is 0 Å². The van der Waals surface area contributed by atoms with Gasteiger partial charge in [0.2, 0.25) is 0 Å². The largest absolute Gasteiger partial charge is 0.452 e. The second-order valence-corrected chi connectivity index (χ2v) is 4.74. The van der Waals surface area contributed by atoms with Gasteiger partial charge in [-0.05, 0) is 25.1 Å². The Morgan fingerprint density at radius 2 is 2.28 bits per heavy atom. The van der Waals surface area contributed by atoms with Crippen molar-refractivity contribution in [3.63, 3.8) is 0 Å². The van der Waals surface area contributed by atoms with Crippen LogP contribution in [0, 0.1) is 0 Å². The average molecular weight is 264 g/mol. The molecule has 4 nitrogen and oxygen atoms in total. The molecule has 1 aromatic heterocycles. The van der Waals surface area contributed by atoms with Crippen LogP contribution >= 0.6 is 11.6 Å². The number of aromatic nitrogens is 2. The monoisotopic (exact) mass is 263 g/mol.